The highest BCUT2D eigenvalue weighted by atomic mass is 32.1. The lowest BCUT2D eigenvalue weighted by Crippen LogP contribution is -2.06. The van der Waals surface area contributed by atoms with Gasteiger partial charge in [-0.1, -0.05) is 42.5 Å². The Morgan fingerprint density at radius 2 is 1.93 bits per heavy atom. The number of thiophene rings is 1. The fourth-order valence-corrected chi connectivity index (χ4v) is 4.14. The molecule has 2 N–H and O–H groups in total. The Labute approximate surface area is 178 Å². The summed E-state index contributed by atoms with van der Waals surface area (Å²) in [6.45, 7) is 2.96. The van der Waals surface area contributed by atoms with Gasteiger partial charge in [-0.15, -0.1) is 11.3 Å². The van der Waals surface area contributed by atoms with E-state index in [-0.39, 0.29) is 4.88 Å². The molecular weight excluding hydrogens is 398 g/mol. The monoisotopic (exact) mass is 419 g/mol. The van der Waals surface area contributed by atoms with Crippen molar-refractivity contribution in [3.63, 3.8) is 0 Å². The fraction of sp³-hybridized carbons (Fsp3) is 0.174. The zero-order valence-corrected chi connectivity index (χ0v) is 17.3. The van der Waals surface area contributed by atoms with E-state index in [0.29, 0.717) is 23.9 Å². The molecule has 0 radical (unpaired) electrons. The maximum atomic E-state index is 11.5. The summed E-state index contributed by atoms with van der Waals surface area (Å²) < 4.78 is 5.45. The van der Waals surface area contributed by atoms with Crippen LogP contribution in [0.5, 0.6) is 5.75 Å². The van der Waals surface area contributed by atoms with Crippen LogP contribution in [0.3, 0.4) is 0 Å². The summed E-state index contributed by atoms with van der Waals surface area (Å²) >= 11 is 1.15. The van der Waals surface area contributed by atoms with Crippen molar-refractivity contribution in [3.8, 4) is 16.3 Å². The van der Waals surface area contributed by atoms with Gasteiger partial charge in [0.25, 0.3) is 0 Å². The van der Waals surface area contributed by atoms with Gasteiger partial charge in [0.1, 0.15) is 17.9 Å². The van der Waals surface area contributed by atoms with E-state index in [1.54, 1.807) is 6.07 Å². The number of carboxylic acid groups (broad SMARTS) is 1. The molecule has 2 aromatic heterocycles. The Balaban J connectivity index is 1.45. The molecule has 0 atom stereocenters. The minimum absolute atomic E-state index is 0.177. The van der Waals surface area contributed by atoms with Crippen molar-refractivity contribution >= 4 is 33.9 Å². The molecule has 30 heavy (non-hydrogen) atoms. The van der Waals surface area contributed by atoms with Crippen LogP contribution in [0.15, 0.2) is 60.9 Å². The van der Waals surface area contributed by atoms with Gasteiger partial charge in [0.05, 0.1) is 17.2 Å². The van der Waals surface area contributed by atoms with Crippen molar-refractivity contribution in [2.75, 3.05) is 18.5 Å². The van der Waals surface area contributed by atoms with Crippen molar-refractivity contribution in [3.05, 3.63) is 71.4 Å². The number of nitrogens with zero attached hydrogens (tertiary/aromatic N) is 2. The highest BCUT2D eigenvalue weighted by molar-refractivity contribution is 7.17. The van der Waals surface area contributed by atoms with Gasteiger partial charge in [0.15, 0.2) is 4.88 Å². The lowest BCUT2D eigenvalue weighted by molar-refractivity contribution is 0.0698. The van der Waals surface area contributed by atoms with Gasteiger partial charge < -0.3 is 15.2 Å². The molecule has 0 fully saturated rings. The molecule has 0 saturated carbocycles. The summed E-state index contributed by atoms with van der Waals surface area (Å²) in [4.78, 5) is 20.9. The van der Waals surface area contributed by atoms with Gasteiger partial charge >= 0.3 is 5.97 Å². The topological polar surface area (TPSA) is 84.3 Å². The number of carbonyl (C=O) groups is 1. The second-order valence-corrected chi connectivity index (χ2v) is 7.74. The Bertz CT molecular complexity index is 1190. The number of nitrogens with one attached hydrogen (secondary N) is 1. The molecule has 0 aliphatic heterocycles. The number of hydrogen-bond donors (Lipinski definition) is 2. The van der Waals surface area contributed by atoms with E-state index >= 15 is 0 Å². The van der Waals surface area contributed by atoms with E-state index in [2.05, 4.69) is 45.6 Å². The number of hydrogen-bond acceptors (Lipinski definition) is 6. The lowest BCUT2D eigenvalue weighted by Gasteiger charge is -2.07. The normalized spacial score (nSPS) is 10.8. The molecule has 152 valence electrons. The average molecular weight is 420 g/mol. The zero-order valence-electron chi connectivity index (χ0n) is 16.5. The standard InChI is InChI=1S/C23H21N3O3S/c1-2-29-19-13-20(30-22(19)23(27)28)18-12-21(26-14-25-18)24-10-9-15-7-8-16-5-3-4-6-17(16)11-15/h3-8,11-14H,2,9-10H2,1H3,(H,27,28)(H,24,25,26). The van der Waals surface area contributed by atoms with Crippen molar-refractivity contribution in [1.29, 1.82) is 0 Å². The predicted molar refractivity (Wildman–Crippen MR) is 120 cm³/mol. The minimum atomic E-state index is -1.00. The number of anilines is 1. The van der Waals surface area contributed by atoms with Gasteiger partial charge in [-0.3, -0.25) is 0 Å². The number of benzene rings is 2. The number of fused-ring (bicyclic) bond motifs is 1. The molecule has 0 bridgehead atoms. The summed E-state index contributed by atoms with van der Waals surface area (Å²) in [6, 6.07) is 18.3. The average Bonchev–Trinajstić information content (AvgIpc) is 3.19. The summed E-state index contributed by atoms with van der Waals surface area (Å²) in [7, 11) is 0. The first-order chi connectivity index (χ1) is 14.6. The van der Waals surface area contributed by atoms with Crippen molar-refractivity contribution in [1.82, 2.24) is 9.97 Å². The van der Waals surface area contributed by atoms with Gasteiger partial charge in [0, 0.05) is 18.7 Å². The largest absolute Gasteiger partial charge is 0.492 e. The molecule has 0 unspecified atom stereocenters. The third-order valence-corrected chi connectivity index (χ3v) is 5.77. The molecule has 2 heterocycles. The number of rotatable bonds is 8. The van der Waals surface area contributed by atoms with E-state index in [1.807, 2.05) is 25.1 Å². The minimum Gasteiger partial charge on any atom is -0.492 e. The van der Waals surface area contributed by atoms with E-state index in [0.717, 1.165) is 29.2 Å². The Hall–Kier alpha value is -3.45. The Morgan fingerprint density at radius 1 is 1.10 bits per heavy atom. The van der Waals surface area contributed by atoms with Crippen molar-refractivity contribution in [2.24, 2.45) is 0 Å². The molecule has 0 aliphatic carbocycles. The summed E-state index contributed by atoms with van der Waals surface area (Å²) in [5.74, 6) is 0.0657. The van der Waals surface area contributed by atoms with Crippen LogP contribution in [0.1, 0.15) is 22.2 Å². The number of aromatic nitrogens is 2. The molecule has 0 spiro atoms. The van der Waals surface area contributed by atoms with Gasteiger partial charge in [-0.05, 0) is 29.7 Å². The number of carboxylic acids is 1. The molecule has 6 nitrogen and oxygen atoms in total. The van der Waals surface area contributed by atoms with E-state index < -0.39 is 5.97 Å². The van der Waals surface area contributed by atoms with E-state index in [1.165, 1.54) is 22.7 Å². The molecule has 2 aromatic carbocycles. The number of aromatic carboxylic acids is 1. The van der Waals surface area contributed by atoms with Crippen molar-refractivity contribution in [2.45, 2.75) is 13.3 Å². The SMILES string of the molecule is CCOc1cc(-c2cc(NCCc3ccc4ccccc4c3)ncn2)sc1C(=O)O. The molecule has 0 aliphatic rings. The van der Waals surface area contributed by atoms with Crippen LogP contribution in [0.25, 0.3) is 21.3 Å². The fourth-order valence-electron chi connectivity index (χ4n) is 3.23. The smallest absolute Gasteiger partial charge is 0.349 e. The van der Waals surface area contributed by atoms with Gasteiger partial charge in [0.2, 0.25) is 0 Å². The molecular formula is C23H21N3O3S. The third-order valence-electron chi connectivity index (χ3n) is 4.65. The summed E-state index contributed by atoms with van der Waals surface area (Å²) in [6.07, 6.45) is 2.34. The van der Waals surface area contributed by atoms with Gasteiger partial charge in [-0.2, -0.15) is 0 Å². The van der Waals surface area contributed by atoms with Crippen LogP contribution in [0.4, 0.5) is 5.82 Å². The third kappa shape index (κ3) is 4.41. The molecule has 4 aromatic rings. The van der Waals surface area contributed by atoms with Crippen LogP contribution in [0, 0.1) is 0 Å². The second-order valence-electron chi connectivity index (χ2n) is 6.69. The Kier molecular flexibility index (Phi) is 5.90. The van der Waals surface area contributed by atoms with E-state index in [4.69, 9.17) is 4.74 Å². The maximum Gasteiger partial charge on any atom is 0.349 e. The first-order valence-electron chi connectivity index (χ1n) is 9.68. The first-order valence-corrected chi connectivity index (χ1v) is 10.5. The highest BCUT2D eigenvalue weighted by Gasteiger charge is 2.18. The van der Waals surface area contributed by atoms with Gasteiger partial charge in [-0.25, -0.2) is 14.8 Å². The van der Waals surface area contributed by atoms with Crippen molar-refractivity contribution < 1.29 is 14.6 Å². The lowest BCUT2D eigenvalue weighted by atomic mass is 10.1. The molecule has 0 saturated heterocycles. The quantitative estimate of drug-likeness (QED) is 0.413. The van der Waals surface area contributed by atoms with Crippen LogP contribution < -0.4 is 10.1 Å². The second kappa shape index (κ2) is 8.92. The zero-order chi connectivity index (χ0) is 20.9. The van der Waals surface area contributed by atoms with Crippen LogP contribution in [0.2, 0.25) is 0 Å². The number of ether oxygens (including phenoxy) is 1. The predicted octanol–water partition coefficient (Wildman–Crippen LogP) is 5.11. The summed E-state index contributed by atoms with van der Waals surface area (Å²) in [5.41, 5.74) is 1.91. The molecule has 4 rings (SSSR count). The Morgan fingerprint density at radius 3 is 2.73 bits per heavy atom. The molecule has 7 heteroatoms. The summed E-state index contributed by atoms with van der Waals surface area (Å²) in [5, 5.41) is 15.2. The first kappa shape index (κ1) is 19.8. The maximum absolute atomic E-state index is 11.5. The van der Waals surface area contributed by atoms with Crippen LogP contribution in [-0.2, 0) is 6.42 Å². The van der Waals surface area contributed by atoms with E-state index in [9.17, 15) is 9.90 Å². The van der Waals surface area contributed by atoms with Crippen LogP contribution in [-0.4, -0.2) is 34.2 Å². The molecule has 0 amide bonds. The highest BCUT2D eigenvalue weighted by Crippen LogP contribution is 2.36. The van der Waals surface area contributed by atoms with Crippen LogP contribution >= 0.6 is 11.3 Å².